The smallest absolute Gasteiger partial charge is 0.258 e. The Hall–Kier alpha value is -2.69. The van der Waals surface area contributed by atoms with Gasteiger partial charge in [-0.1, -0.05) is 38.1 Å². The Morgan fingerprint density at radius 3 is 2.74 bits per heavy atom. The summed E-state index contributed by atoms with van der Waals surface area (Å²) in [6.07, 6.45) is 8.03. The van der Waals surface area contributed by atoms with E-state index in [2.05, 4.69) is 41.9 Å². The van der Waals surface area contributed by atoms with Crippen molar-refractivity contribution in [3.05, 3.63) is 65.8 Å². The van der Waals surface area contributed by atoms with Crippen molar-refractivity contribution in [2.45, 2.75) is 38.5 Å². The molecule has 2 heterocycles. The summed E-state index contributed by atoms with van der Waals surface area (Å²) in [5.74, 6) is 1.87. The molecule has 1 atom stereocenters. The van der Waals surface area contributed by atoms with Crippen molar-refractivity contribution >= 4 is 11.6 Å². The molecule has 1 saturated carbocycles. The summed E-state index contributed by atoms with van der Waals surface area (Å²) in [5, 5.41) is 8.49. The van der Waals surface area contributed by atoms with Gasteiger partial charge in [-0.2, -0.15) is 0 Å². The van der Waals surface area contributed by atoms with Crippen LogP contribution < -0.4 is 4.90 Å². The van der Waals surface area contributed by atoms with E-state index in [4.69, 9.17) is 0 Å². The van der Waals surface area contributed by atoms with Crippen molar-refractivity contribution in [2.75, 3.05) is 11.4 Å². The van der Waals surface area contributed by atoms with Crippen LogP contribution in [0.5, 0.6) is 0 Å². The molecule has 0 radical (unpaired) electrons. The molecule has 1 aromatic carbocycles. The molecule has 5 heteroatoms. The molecule has 140 valence electrons. The Morgan fingerprint density at radius 1 is 1.37 bits per heavy atom. The quantitative estimate of drug-likeness (QED) is 0.781. The Bertz CT molecular complexity index is 907. The maximum atomic E-state index is 12.8. The van der Waals surface area contributed by atoms with E-state index in [0.29, 0.717) is 12.5 Å². The van der Waals surface area contributed by atoms with Gasteiger partial charge in [0.1, 0.15) is 12.2 Å². The maximum absolute atomic E-state index is 12.8. The first-order valence-electron chi connectivity index (χ1n) is 9.74. The van der Waals surface area contributed by atoms with E-state index in [1.54, 1.807) is 12.4 Å². The first-order chi connectivity index (χ1) is 13.1. The van der Waals surface area contributed by atoms with E-state index in [-0.39, 0.29) is 11.8 Å². The highest BCUT2D eigenvalue weighted by molar-refractivity contribution is 6.11. The lowest BCUT2D eigenvalue weighted by Gasteiger charge is -2.33. The van der Waals surface area contributed by atoms with Gasteiger partial charge in [-0.05, 0) is 48.4 Å². The number of nitrogens with zero attached hydrogens (tertiary/aromatic N) is 4. The number of rotatable bonds is 6. The molecular weight excluding hydrogens is 336 g/mol. The van der Waals surface area contributed by atoms with Crippen LogP contribution >= 0.6 is 0 Å². The van der Waals surface area contributed by atoms with Gasteiger partial charge >= 0.3 is 0 Å². The number of benzene rings is 1. The normalized spacial score (nSPS) is 18.7. The van der Waals surface area contributed by atoms with E-state index < -0.39 is 0 Å². The van der Waals surface area contributed by atoms with E-state index in [9.17, 15) is 4.79 Å². The molecule has 27 heavy (non-hydrogen) atoms. The molecule has 1 aliphatic heterocycles. The largest absolute Gasteiger partial charge is 0.320 e. The fourth-order valence-electron chi connectivity index (χ4n) is 4.25. The molecule has 0 N–H and O–H groups in total. The number of carbonyl (C=O) groups is 1. The summed E-state index contributed by atoms with van der Waals surface area (Å²) in [5.41, 5.74) is 4.08. The fourth-order valence-corrected chi connectivity index (χ4v) is 4.25. The van der Waals surface area contributed by atoms with Crippen LogP contribution in [0, 0.1) is 5.92 Å². The van der Waals surface area contributed by atoms with Crippen LogP contribution in [0.3, 0.4) is 0 Å². The molecule has 2 aromatic rings. The third-order valence-electron chi connectivity index (χ3n) is 6.02. The molecule has 1 fully saturated rings. The van der Waals surface area contributed by atoms with E-state index in [1.807, 2.05) is 22.6 Å². The monoisotopic (exact) mass is 362 g/mol. The average Bonchev–Trinajstić information content (AvgIpc) is 3.20. The van der Waals surface area contributed by atoms with Crippen molar-refractivity contribution in [3.63, 3.8) is 0 Å². The van der Waals surface area contributed by atoms with Gasteiger partial charge in [0.2, 0.25) is 0 Å². The number of hydrogen-bond acceptors (Lipinski definition) is 3. The first kappa shape index (κ1) is 17.7. The van der Waals surface area contributed by atoms with Crippen molar-refractivity contribution in [1.82, 2.24) is 14.8 Å². The topological polar surface area (TPSA) is 51.0 Å². The Labute approximate surface area is 160 Å². The first-order valence-corrected chi connectivity index (χ1v) is 9.74. The van der Waals surface area contributed by atoms with Crippen LogP contribution in [0.15, 0.2) is 54.4 Å². The van der Waals surface area contributed by atoms with E-state index in [0.717, 1.165) is 29.1 Å². The van der Waals surface area contributed by atoms with Crippen LogP contribution in [-0.4, -0.2) is 27.2 Å². The van der Waals surface area contributed by atoms with Gasteiger partial charge in [-0.15, -0.1) is 10.2 Å². The van der Waals surface area contributed by atoms with E-state index >= 15 is 0 Å². The highest BCUT2D eigenvalue weighted by atomic mass is 16.2. The van der Waals surface area contributed by atoms with Gasteiger partial charge in [-0.25, -0.2) is 0 Å². The molecule has 0 spiro atoms. The van der Waals surface area contributed by atoms with Gasteiger partial charge in [-0.3, -0.25) is 4.79 Å². The fraction of sp³-hybridized carbons (Fsp3) is 0.409. The number of aryl methyl sites for hydroxylation is 1. The Balaban J connectivity index is 1.69. The van der Waals surface area contributed by atoms with Gasteiger partial charge in [0.05, 0.1) is 0 Å². The molecule has 2 aliphatic rings. The summed E-state index contributed by atoms with van der Waals surface area (Å²) in [7, 11) is 2.00. The molecule has 0 bridgehead atoms. The number of hydrogen-bond donors (Lipinski definition) is 0. The highest BCUT2D eigenvalue weighted by Gasteiger charge is 2.34. The zero-order valence-corrected chi connectivity index (χ0v) is 16.1. The SMILES string of the molecule is C=CC1=C(CC)CN(c2cccc([C@H](c3nncn3C)C3CCC3)c2)C1=O. The number of carbonyl (C=O) groups excluding carboxylic acids is 1. The molecule has 1 aromatic heterocycles. The van der Waals surface area contributed by atoms with Crippen LogP contribution in [0.2, 0.25) is 0 Å². The van der Waals surface area contributed by atoms with Gasteiger partial charge in [0.15, 0.2) is 0 Å². The molecule has 0 saturated heterocycles. The molecular formula is C22H26N4O. The van der Waals surface area contributed by atoms with Crippen molar-refractivity contribution in [1.29, 1.82) is 0 Å². The van der Waals surface area contributed by atoms with E-state index in [1.165, 1.54) is 24.8 Å². The van der Waals surface area contributed by atoms with Gasteiger partial charge < -0.3 is 9.47 Å². The standard InChI is InChI=1S/C22H26N4O/c1-4-15-13-26(22(27)19(15)5-2)18-11-7-10-17(12-18)20(16-8-6-9-16)21-24-23-14-25(21)3/h5,7,10-12,14,16,20H,2,4,6,8-9,13H2,1,3H3/t20-/m1/s1. The summed E-state index contributed by atoms with van der Waals surface area (Å²) >= 11 is 0. The van der Waals surface area contributed by atoms with Gasteiger partial charge in [0, 0.05) is 30.8 Å². The average molecular weight is 362 g/mol. The molecule has 1 amide bonds. The lowest BCUT2D eigenvalue weighted by molar-refractivity contribution is -0.114. The van der Waals surface area contributed by atoms with Crippen LogP contribution in [0.1, 0.15) is 49.9 Å². The molecule has 1 aliphatic carbocycles. The summed E-state index contributed by atoms with van der Waals surface area (Å²) in [6, 6.07) is 8.39. The second-order valence-electron chi connectivity index (χ2n) is 7.53. The Morgan fingerprint density at radius 2 is 2.19 bits per heavy atom. The lowest BCUT2D eigenvalue weighted by atomic mass is 9.72. The van der Waals surface area contributed by atoms with Crippen molar-refractivity contribution < 1.29 is 4.79 Å². The van der Waals surface area contributed by atoms with Crippen molar-refractivity contribution in [2.24, 2.45) is 13.0 Å². The minimum Gasteiger partial charge on any atom is -0.320 e. The zero-order valence-electron chi connectivity index (χ0n) is 16.1. The van der Waals surface area contributed by atoms with Crippen molar-refractivity contribution in [3.8, 4) is 0 Å². The Kier molecular flexibility index (Phi) is 4.68. The maximum Gasteiger partial charge on any atom is 0.258 e. The predicted molar refractivity (Wildman–Crippen MR) is 106 cm³/mol. The minimum absolute atomic E-state index is 0.0536. The van der Waals surface area contributed by atoms with Gasteiger partial charge in [0.25, 0.3) is 5.91 Å². The molecule has 4 rings (SSSR count). The van der Waals surface area contributed by atoms with Crippen LogP contribution in [0.25, 0.3) is 0 Å². The lowest BCUT2D eigenvalue weighted by Crippen LogP contribution is -2.27. The summed E-state index contributed by atoms with van der Waals surface area (Å²) in [4.78, 5) is 14.7. The van der Waals surface area contributed by atoms with Crippen LogP contribution in [0.4, 0.5) is 5.69 Å². The number of anilines is 1. The molecule has 0 unspecified atom stereocenters. The summed E-state index contributed by atoms with van der Waals surface area (Å²) in [6.45, 7) is 6.57. The second kappa shape index (κ2) is 7.14. The third-order valence-corrected chi connectivity index (χ3v) is 6.02. The minimum atomic E-state index is 0.0536. The highest BCUT2D eigenvalue weighted by Crippen LogP contribution is 2.43. The second-order valence-corrected chi connectivity index (χ2v) is 7.53. The summed E-state index contributed by atoms with van der Waals surface area (Å²) < 4.78 is 2.02. The number of aromatic nitrogens is 3. The van der Waals surface area contributed by atoms with Crippen LogP contribution in [-0.2, 0) is 11.8 Å². The molecule has 5 nitrogen and oxygen atoms in total. The predicted octanol–water partition coefficient (Wildman–Crippen LogP) is 3.99. The number of amides is 1. The zero-order chi connectivity index (χ0) is 19.0. The third kappa shape index (κ3) is 3.01.